The zero-order valence-electron chi connectivity index (χ0n) is 15.7. The van der Waals surface area contributed by atoms with Gasteiger partial charge in [-0.2, -0.15) is 0 Å². The number of para-hydroxylation sites is 2. The maximum Gasteiger partial charge on any atom is 0.310 e. The van der Waals surface area contributed by atoms with E-state index < -0.39 is 0 Å². The quantitative estimate of drug-likeness (QED) is 0.473. The Balaban J connectivity index is 1.32. The highest BCUT2D eigenvalue weighted by molar-refractivity contribution is 6.04. The topological polar surface area (TPSA) is 71.2 Å². The van der Waals surface area contributed by atoms with Crippen molar-refractivity contribution in [1.82, 2.24) is 4.98 Å². The van der Waals surface area contributed by atoms with Crippen molar-refractivity contribution in [3.8, 4) is 0 Å². The summed E-state index contributed by atoms with van der Waals surface area (Å²) in [4.78, 5) is 27.6. The second kappa shape index (κ2) is 8.44. The number of rotatable bonds is 6. The second-order valence-electron chi connectivity index (χ2n) is 6.71. The van der Waals surface area contributed by atoms with Gasteiger partial charge in [0.05, 0.1) is 6.42 Å². The summed E-state index contributed by atoms with van der Waals surface area (Å²) in [7, 11) is 0. The van der Waals surface area contributed by atoms with Crippen LogP contribution in [0.2, 0.25) is 0 Å². The van der Waals surface area contributed by atoms with E-state index in [1.807, 2.05) is 60.8 Å². The van der Waals surface area contributed by atoms with Crippen LogP contribution in [0.5, 0.6) is 0 Å². The van der Waals surface area contributed by atoms with E-state index in [0.717, 1.165) is 27.7 Å². The van der Waals surface area contributed by atoms with Gasteiger partial charge in [0.2, 0.25) is 0 Å². The molecule has 0 saturated carbocycles. The summed E-state index contributed by atoms with van der Waals surface area (Å²) in [6, 6.07) is 24.2. The van der Waals surface area contributed by atoms with Gasteiger partial charge in [0.15, 0.2) is 0 Å². The first-order valence-electron chi connectivity index (χ1n) is 9.35. The van der Waals surface area contributed by atoms with E-state index in [0.29, 0.717) is 5.56 Å². The van der Waals surface area contributed by atoms with Gasteiger partial charge in [-0.25, -0.2) is 0 Å². The number of nitrogens with one attached hydrogen (secondary N) is 2. The molecule has 3 aromatic carbocycles. The van der Waals surface area contributed by atoms with Gasteiger partial charge in [-0.1, -0.05) is 48.5 Å². The smallest absolute Gasteiger partial charge is 0.310 e. The lowest BCUT2D eigenvalue weighted by atomic mass is 10.1. The fourth-order valence-corrected chi connectivity index (χ4v) is 3.13. The Labute approximate surface area is 168 Å². The zero-order chi connectivity index (χ0) is 20.1. The summed E-state index contributed by atoms with van der Waals surface area (Å²) < 4.78 is 5.39. The van der Waals surface area contributed by atoms with Crippen molar-refractivity contribution < 1.29 is 14.3 Å². The summed E-state index contributed by atoms with van der Waals surface area (Å²) in [5, 5.41) is 3.87. The molecule has 1 amide bonds. The van der Waals surface area contributed by atoms with E-state index >= 15 is 0 Å². The molecule has 1 heterocycles. The minimum absolute atomic E-state index is 0.168. The SMILES string of the molecule is O=C(Cc1c[nH]c2ccccc12)OCc1ccc(C(=O)Nc2ccccc2)cc1. The molecule has 4 aromatic rings. The molecule has 0 unspecified atom stereocenters. The van der Waals surface area contributed by atoms with Crippen LogP contribution in [-0.2, 0) is 22.6 Å². The van der Waals surface area contributed by atoms with Gasteiger partial charge in [-0.05, 0) is 41.5 Å². The second-order valence-corrected chi connectivity index (χ2v) is 6.71. The van der Waals surface area contributed by atoms with Crippen LogP contribution in [0.25, 0.3) is 10.9 Å². The highest BCUT2D eigenvalue weighted by Crippen LogP contribution is 2.18. The monoisotopic (exact) mass is 384 g/mol. The summed E-state index contributed by atoms with van der Waals surface area (Å²) in [5.74, 6) is -0.472. The first-order valence-corrected chi connectivity index (χ1v) is 9.35. The Hall–Kier alpha value is -3.86. The first-order chi connectivity index (χ1) is 14.2. The lowest BCUT2D eigenvalue weighted by molar-refractivity contribution is -0.144. The molecule has 4 rings (SSSR count). The van der Waals surface area contributed by atoms with Crippen molar-refractivity contribution in [2.45, 2.75) is 13.0 Å². The lowest BCUT2D eigenvalue weighted by Crippen LogP contribution is -2.12. The maximum atomic E-state index is 12.3. The van der Waals surface area contributed by atoms with Crippen LogP contribution in [0.1, 0.15) is 21.5 Å². The van der Waals surface area contributed by atoms with Crippen LogP contribution in [0, 0.1) is 0 Å². The number of esters is 1. The summed E-state index contributed by atoms with van der Waals surface area (Å²) in [6.07, 6.45) is 2.05. The molecule has 5 heteroatoms. The van der Waals surface area contributed by atoms with Crippen LogP contribution in [-0.4, -0.2) is 16.9 Å². The fourth-order valence-electron chi connectivity index (χ4n) is 3.13. The third-order valence-electron chi connectivity index (χ3n) is 4.66. The van der Waals surface area contributed by atoms with Crippen LogP contribution in [0.3, 0.4) is 0 Å². The predicted octanol–water partition coefficient (Wildman–Crippen LogP) is 4.71. The van der Waals surface area contributed by atoms with E-state index in [1.54, 1.807) is 24.3 Å². The molecular weight excluding hydrogens is 364 g/mol. The van der Waals surface area contributed by atoms with E-state index in [1.165, 1.54) is 0 Å². The fraction of sp³-hybridized carbons (Fsp3) is 0.0833. The standard InChI is InChI=1S/C24H20N2O3/c27-23(14-19-15-25-22-9-5-4-8-21(19)22)29-16-17-10-12-18(13-11-17)24(28)26-20-6-2-1-3-7-20/h1-13,15,25H,14,16H2,(H,26,28). The van der Waals surface area contributed by atoms with Gasteiger partial charge in [0.25, 0.3) is 5.91 Å². The molecule has 0 bridgehead atoms. The first kappa shape index (κ1) is 18.5. The molecule has 0 aliphatic carbocycles. The molecule has 144 valence electrons. The van der Waals surface area contributed by atoms with Crippen LogP contribution < -0.4 is 5.32 Å². The number of amides is 1. The summed E-state index contributed by atoms with van der Waals surface area (Å²) in [6.45, 7) is 0.168. The van der Waals surface area contributed by atoms with Crippen LogP contribution in [0.15, 0.2) is 85.1 Å². The molecular formula is C24H20N2O3. The number of carbonyl (C=O) groups is 2. The van der Waals surface area contributed by atoms with Gasteiger partial charge >= 0.3 is 5.97 Å². The molecule has 0 aliphatic rings. The minimum Gasteiger partial charge on any atom is -0.461 e. The van der Waals surface area contributed by atoms with E-state index in [9.17, 15) is 9.59 Å². The molecule has 0 fully saturated rings. The normalized spacial score (nSPS) is 10.6. The number of hydrogen-bond donors (Lipinski definition) is 2. The van der Waals surface area contributed by atoms with E-state index in [2.05, 4.69) is 10.3 Å². The molecule has 29 heavy (non-hydrogen) atoms. The molecule has 0 aliphatic heterocycles. The number of fused-ring (bicyclic) bond motifs is 1. The van der Waals surface area contributed by atoms with Crippen molar-refractivity contribution in [3.05, 3.63) is 102 Å². The Morgan fingerprint density at radius 2 is 1.59 bits per heavy atom. The molecule has 0 spiro atoms. The Kier molecular flexibility index (Phi) is 5.38. The number of ether oxygens (including phenoxy) is 1. The van der Waals surface area contributed by atoms with E-state index in [4.69, 9.17) is 4.74 Å². The molecule has 1 aromatic heterocycles. The number of H-pyrrole nitrogens is 1. The van der Waals surface area contributed by atoms with Crippen molar-refractivity contribution in [3.63, 3.8) is 0 Å². The van der Waals surface area contributed by atoms with Crippen LogP contribution in [0.4, 0.5) is 5.69 Å². The number of anilines is 1. The van der Waals surface area contributed by atoms with Crippen molar-refractivity contribution in [1.29, 1.82) is 0 Å². The molecule has 2 N–H and O–H groups in total. The Bertz CT molecular complexity index is 1130. The zero-order valence-corrected chi connectivity index (χ0v) is 15.7. The molecule has 5 nitrogen and oxygen atoms in total. The Morgan fingerprint density at radius 3 is 2.38 bits per heavy atom. The summed E-state index contributed by atoms with van der Waals surface area (Å²) in [5.41, 5.74) is 4.03. The number of benzene rings is 3. The predicted molar refractivity (Wildman–Crippen MR) is 113 cm³/mol. The highest BCUT2D eigenvalue weighted by atomic mass is 16.5. The van der Waals surface area contributed by atoms with Crippen LogP contribution >= 0.6 is 0 Å². The van der Waals surface area contributed by atoms with Crippen molar-refractivity contribution >= 4 is 28.5 Å². The third-order valence-corrected chi connectivity index (χ3v) is 4.66. The van der Waals surface area contributed by atoms with Gasteiger partial charge < -0.3 is 15.0 Å². The van der Waals surface area contributed by atoms with Gasteiger partial charge in [0, 0.05) is 28.4 Å². The van der Waals surface area contributed by atoms with E-state index in [-0.39, 0.29) is 24.9 Å². The largest absolute Gasteiger partial charge is 0.461 e. The number of carbonyl (C=O) groups excluding carboxylic acids is 2. The number of aromatic nitrogens is 1. The third kappa shape index (κ3) is 4.52. The average molecular weight is 384 g/mol. The molecule has 0 atom stereocenters. The minimum atomic E-state index is -0.291. The Morgan fingerprint density at radius 1 is 0.862 bits per heavy atom. The van der Waals surface area contributed by atoms with Crippen molar-refractivity contribution in [2.75, 3.05) is 5.32 Å². The molecule has 0 saturated heterocycles. The van der Waals surface area contributed by atoms with Gasteiger partial charge in [-0.15, -0.1) is 0 Å². The highest BCUT2D eigenvalue weighted by Gasteiger charge is 2.10. The van der Waals surface area contributed by atoms with Gasteiger partial charge in [0.1, 0.15) is 6.61 Å². The lowest BCUT2D eigenvalue weighted by Gasteiger charge is -2.07. The molecule has 0 radical (unpaired) electrons. The number of aromatic amines is 1. The maximum absolute atomic E-state index is 12.3. The number of hydrogen-bond acceptors (Lipinski definition) is 3. The van der Waals surface area contributed by atoms with Crippen molar-refractivity contribution in [2.24, 2.45) is 0 Å². The van der Waals surface area contributed by atoms with Gasteiger partial charge in [-0.3, -0.25) is 9.59 Å². The average Bonchev–Trinajstić information content (AvgIpc) is 3.16. The summed E-state index contributed by atoms with van der Waals surface area (Å²) >= 11 is 0.